The molecule has 0 amide bonds. The predicted octanol–water partition coefficient (Wildman–Crippen LogP) is 4.71. The van der Waals surface area contributed by atoms with Crippen LogP contribution in [0.25, 0.3) is 0 Å². The molecule has 0 fully saturated rings. The molecule has 2 aromatic rings. The van der Waals surface area contributed by atoms with Gasteiger partial charge in [-0.05, 0) is 60.8 Å². The van der Waals surface area contributed by atoms with Crippen molar-refractivity contribution in [2.24, 2.45) is 0 Å². The molecular weight excluding hydrogens is 278 g/mol. The average molecular weight is 299 g/mol. The number of rotatable bonds is 4. The molecule has 0 aliphatic heterocycles. The van der Waals surface area contributed by atoms with E-state index in [0.29, 0.717) is 11.0 Å². The molecule has 2 N–H and O–H groups in total. The van der Waals surface area contributed by atoms with Crippen LogP contribution >= 0.6 is 12.2 Å². The van der Waals surface area contributed by atoms with Crippen molar-refractivity contribution in [2.45, 2.75) is 33.1 Å². The molecule has 0 saturated heterocycles. The van der Waals surface area contributed by atoms with Crippen LogP contribution in [0.2, 0.25) is 0 Å². The van der Waals surface area contributed by atoms with Crippen LogP contribution in [0.5, 0.6) is 0 Å². The number of benzene rings is 1. The van der Waals surface area contributed by atoms with Crippen molar-refractivity contribution in [3.63, 3.8) is 0 Å². The van der Waals surface area contributed by atoms with E-state index in [1.54, 1.807) is 6.20 Å². The number of aryl methyl sites for hydroxylation is 1. The number of anilines is 2. The zero-order chi connectivity index (χ0) is 15.2. The zero-order valence-electron chi connectivity index (χ0n) is 12.7. The lowest BCUT2D eigenvalue weighted by Gasteiger charge is -2.13. The number of hydrogen-bond acceptors (Lipinski definition) is 2. The van der Waals surface area contributed by atoms with Crippen molar-refractivity contribution < 1.29 is 0 Å². The molecule has 21 heavy (non-hydrogen) atoms. The van der Waals surface area contributed by atoms with Crippen LogP contribution < -0.4 is 10.6 Å². The van der Waals surface area contributed by atoms with Gasteiger partial charge in [-0.15, -0.1) is 0 Å². The van der Waals surface area contributed by atoms with E-state index in [1.807, 2.05) is 19.1 Å². The highest BCUT2D eigenvalue weighted by molar-refractivity contribution is 7.80. The van der Waals surface area contributed by atoms with E-state index < -0.39 is 0 Å². The fourth-order valence-electron chi connectivity index (χ4n) is 2.02. The van der Waals surface area contributed by atoms with Gasteiger partial charge in [0, 0.05) is 11.9 Å². The fourth-order valence-corrected chi connectivity index (χ4v) is 2.23. The van der Waals surface area contributed by atoms with Crippen LogP contribution in [-0.4, -0.2) is 10.1 Å². The minimum atomic E-state index is 0.549. The molecule has 1 atom stereocenters. The normalized spacial score (nSPS) is 11.8. The van der Waals surface area contributed by atoms with E-state index in [2.05, 4.69) is 53.7 Å². The molecule has 2 rings (SSSR count). The third-order valence-corrected chi connectivity index (χ3v) is 3.80. The highest BCUT2D eigenvalue weighted by atomic mass is 32.1. The minimum Gasteiger partial charge on any atom is -0.332 e. The first-order valence-corrected chi connectivity index (χ1v) is 7.60. The molecule has 3 nitrogen and oxygen atoms in total. The second kappa shape index (κ2) is 7.18. The Hall–Kier alpha value is -1.94. The summed E-state index contributed by atoms with van der Waals surface area (Å²) in [7, 11) is 0. The Kier molecular flexibility index (Phi) is 5.28. The lowest BCUT2D eigenvalue weighted by molar-refractivity contribution is 0.734. The van der Waals surface area contributed by atoms with E-state index in [9.17, 15) is 0 Å². The Bertz CT molecular complexity index is 608. The van der Waals surface area contributed by atoms with Gasteiger partial charge in [0.05, 0.1) is 0 Å². The Morgan fingerprint density at radius 1 is 1.19 bits per heavy atom. The van der Waals surface area contributed by atoms with Gasteiger partial charge < -0.3 is 10.6 Å². The average Bonchev–Trinajstić information content (AvgIpc) is 2.49. The summed E-state index contributed by atoms with van der Waals surface area (Å²) in [5, 5.41) is 6.85. The molecular formula is C17H21N3S. The third kappa shape index (κ3) is 4.26. The van der Waals surface area contributed by atoms with Gasteiger partial charge in [0.1, 0.15) is 5.82 Å². The van der Waals surface area contributed by atoms with Gasteiger partial charge in [-0.2, -0.15) is 0 Å². The SMILES string of the molecule is CCC(C)c1ccc(NC(=S)Nc2ncccc2C)cc1. The van der Waals surface area contributed by atoms with Crippen LogP contribution in [-0.2, 0) is 0 Å². The highest BCUT2D eigenvalue weighted by Gasteiger charge is 2.04. The number of nitrogens with one attached hydrogen (secondary N) is 2. The van der Waals surface area contributed by atoms with Crippen LogP contribution in [0.1, 0.15) is 37.3 Å². The van der Waals surface area contributed by atoms with E-state index >= 15 is 0 Å². The first-order valence-electron chi connectivity index (χ1n) is 7.19. The standard InChI is InChI=1S/C17H21N3S/c1-4-12(2)14-7-9-15(10-8-14)19-17(21)20-16-13(3)6-5-11-18-16/h5-12H,4H2,1-3H3,(H2,18,19,20,21). The van der Waals surface area contributed by atoms with Crippen molar-refractivity contribution in [2.75, 3.05) is 10.6 Å². The quantitative estimate of drug-likeness (QED) is 0.802. The topological polar surface area (TPSA) is 37.0 Å². The molecule has 110 valence electrons. The summed E-state index contributed by atoms with van der Waals surface area (Å²) < 4.78 is 0. The molecule has 1 unspecified atom stereocenters. The molecule has 1 aromatic carbocycles. The van der Waals surface area contributed by atoms with E-state index in [-0.39, 0.29) is 0 Å². The molecule has 0 radical (unpaired) electrons. The Labute approximate surface area is 131 Å². The van der Waals surface area contributed by atoms with Crippen molar-refractivity contribution >= 4 is 28.8 Å². The van der Waals surface area contributed by atoms with Crippen molar-refractivity contribution in [3.05, 3.63) is 53.7 Å². The highest BCUT2D eigenvalue weighted by Crippen LogP contribution is 2.20. The van der Waals surface area contributed by atoms with E-state index in [1.165, 1.54) is 5.56 Å². The minimum absolute atomic E-state index is 0.549. The van der Waals surface area contributed by atoms with Gasteiger partial charge in [-0.1, -0.05) is 32.0 Å². The summed E-state index contributed by atoms with van der Waals surface area (Å²) in [6, 6.07) is 12.3. The van der Waals surface area contributed by atoms with Crippen molar-refractivity contribution in [3.8, 4) is 0 Å². The summed E-state index contributed by atoms with van der Waals surface area (Å²) in [5.41, 5.74) is 3.39. The second-order valence-corrected chi connectivity index (χ2v) is 5.59. The van der Waals surface area contributed by atoms with Crippen LogP contribution in [0, 0.1) is 6.92 Å². The monoisotopic (exact) mass is 299 g/mol. The summed E-state index contributed by atoms with van der Waals surface area (Å²) in [4.78, 5) is 4.27. The van der Waals surface area contributed by atoms with Gasteiger partial charge in [-0.3, -0.25) is 0 Å². The largest absolute Gasteiger partial charge is 0.332 e. The maximum absolute atomic E-state index is 5.32. The van der Waals surface area contributed by atoms with E-state index in [0.717, 1.165) is 23.5 Å². The Balaban J connectivity index is 1.98. The molecule has 0 spiro atoms. The van der Waals surface area contributed by atoms with Gasteiger partial charge >= 0.3 is 0 Å². The second-order valence-electron chi connectivity index (χ2n) is 5.18. The lowest BCUT2D eigenvalue weighted by Crippen LogP contribution is -2.20. The van der Waals surface area contributed by atoms with Crippen LogP contribution in [0.3, 0.4) is 0 Å². The summed E-state index contributed by atoms with van der Waals surface area (Å²) in [6.07, 6.45) is 2.89. The number of hydrogen-bond donors (Lipinski definition) is 2. The predicted molar refractivity (Wildman–Crippen MR) is 94.0 cm³/mol. The van der Waals surface area contributed by atoms with Crippen LogP contribution in [0.15, 0.2) is 42.6 Å². The number of thiocarbonyl (C=S) groups is 1. The molecule has 0 aliphatic rings. The smallest absolute Gasteiger partial charge is 0.176 e. The van der Waals surface area contributed by atoms with Gasteiger partial charge in [0.25, 0.3) is 0 Å². The van der Waals surface area contributed by atoms with E-state index in [4.69, 9.17) is 12.2 Å². The molecule has 0 aliphatic carbocycles. The molecule has 4 heteroatoms. The van der Waals surface area contributed by atoms with Crippen molar-refractivity contribution in [1.82, 2.24) is 4.98 Å². The van der Waals surface area contributed by atoms with Gasteiger partial charge in [0.2, 0.25) is 0 Å². The first-order chi connectivity index (χ1) is 10.1. The maximum atomic E-state index is 5.32. The molecule has 0 bridgehead atoms. The van der Waals surface area contributed by atoms with Crippen molar-refractivity contribution in [1.29, 1.82) is 0 Å². The van der Waals surface area contributed by atoms with Gasteiger partial charge in [0.15, 0.2) is 5.11 Å². The van der Waals surface area contributed by atoms with Crippen LogP contribution in [0.4, 0.5) is 11.5 Å². The summed E-state index contributed by atoms with van der Waals surface area (Å²) in [5.74, 6) is 1.37. The lowest BCUT2D eigenvalue weighted by atomic mass is 9.99. The number of nitrogens with zero attached hydrogens (tertiary/aromatic N) is 1. The zero-order valence-corrected chi connectivity index (χ0v) is 13.5. The first kappa shape index (κ1) is 15.4. The number of pyridine rings is 1. The summed E-state index contributed by atoms with van der Waals surface area (Å²) >= 11 is 5.32. The fraction of sp³-hybridized carbons (Fsp3) is 0.294. The third-order valence-electron chi connectivity index (χ3n) is 3.59. The van der Waals surface area contributed by atoms with Gasteiger partial charge in [-0.25, -0.2) is 4.98 Å². The number of aromatic nitrogens is 1. The maximum Gasteiger partial charge on any atom is 0.176 e. The molecule has 1 heterocycles. The Morgan fingerprint density at radius 3 is 2.52 bits per heavy atom. The molecule has 1 aromatic heterocycles. The Morgan fingerprint density at radius 2 is 1.90 bits per heavy atom. The summed E-state index contributed by atoms with van der Waals surface area (Å²) in [6.45, 7) is 6.43. The molecule has 0 saturated carbocycles.